The number of likely N-dealkylation sites (tertiary alicyclic amines) is 1. The van der Waals surface area contributed by atoms with Crippen LogP contribution >= 0.6 is 0 Å². The highest BCUT2D eigenvalue weighted by Gasteiger charge is 2.22. The van der Waals surface area contributed by atoms with Crippen LogP contribution in [0, 0.1) is 17.8 Å². The molecule has 1 saturated carbocycles. The fourth-order valence-corrected chi connectivity index (χ4v) is 3.44. The van der Waals surface area contributed by atoms with Gasteiger partial charge in [-0.25, -0.2) is 0 Å². The second kappa shape index (κ2) is 6.91. The molecule has 0 bridgehead atoms. The van der Waals surface area contributed by atoms with Gasteiger partial charge in [0.2, 0.25) is 0 Å². The van der Waals surface area contributed by atoms with E-state index in [-0.39, 0.29) is 0 Å². The zero-order valence-electron chi connectivity index (χ0n) is 12.6. The van der Waals surface area contributed by atoms with Gasteiger partial charge in [-0.1, -0.05) is 20.8 Å². The van der Waals surface area contributed by atoms with Crippen LogP contribution in [0.2, 0.25) is 0 Å². The van der Waals surface area contributed by atoms with Crippen molar-refractivity contribution in [2.24, 2.45) is 17.8 Å². The molecule has 1 aliphatic heterocycles. The largest absolute Gasteiger partial charge is 0.313 e. The van der Waals surface area contributed by atoms with E-state index in [9.17, 15) is 0 Å². The summed E-state index contributed by atoms with van der Waals surface area (Å²) >= 11 is 0. The summed E-state index contributed by atoms with van der Waals surface area (Å²) in [7, 11) is 0. The zero-order valence-corrected chi connectivity index (χ0v) is 12.6. The monoisotopic (exact) mass is 252 g/mol. The van der Waals surface area contributed by atoms with E-state index >= 15 is 0 Å². The van der Waals surface area contributed by atoms with E-state index in [1.807, 2.05) is 0 Å². The second-order valence-corrected chi connectivity index (χ2v) is 6.95. The number of nitrogens with one attached hydrogen (secondary N) is 1. The van der Waals surface area contributed by atoms with E-state index in [0.717, 1.165) is 23.8 Å². The molecule has 0 radical (unpaired) electrons. The summed E-state index contributed by atoms with van der Waals surface area (Å²) in [5.74, 6) is 2.77. The maximum Gasteiger partial charge on any atom is 0.0107 e. The Kier molecular flexibility index (Phi) is 5.50. The minimum absolute atomic E-state index is 0.808. The normalized spacial score (nSPS) is 38.8. The molecular weight excluding hydrogens is 220 g/mol. The smallest absolute Gasteiger partial charge is 0.0107 e. The molecule has 18 heavy (non-hydrogen) atoms. The highest BCUT2D eigenvalue weighted by atomic mass is 15.1. The van der Waals surface area contributed by atoms with Gasteiger partial charge in [0, 0.05) is 25.7 Å². The number of hydrogen-bond acceptors (Lipinski definition) is 2. The molecule has 106 valence electrons. The molecule has 0 aromatic carbocycles. The van der Waals surface area contributed by atoms with Crippen molar-refractivity contribution >= 4 is 0 Å². The number of nitrogens with zero attached hydrogens (tertiary/aromatic N) is 1. The van der Waals surface area contributed by atoms with Crippen LogP contribution in [-0.4, -0.2) is 37.1 Å². The molecule has 2 nitrogen and oxygen atoms in total. The first-order valence-corrected chi connectivity index (χ1v) is 8.11. The average Bonchev–Trinajstić information content (AvgIpc) is 2.36. The van der Waals surface area contributed by atoms with E-state index < -0.39 is 0 Å². The van der Waals surface area contributed by atoms with Crippen LogP contribution in [0.5, 0.6) is 0 Å². The molecule has 2 atom stereocenters. The Bertz CT molecular complexity index is 233. The fourth-order valence-electron chi connectivity index (χ4n) is 3.44. The molecule has 0 amide bonds. The zero-order chi connectivity index (χ0) is 13.0. The van der Waals surface area contributed by atoms with Gasteiger partial charge < -0.3 is 10.2 Å². The Morgan fingerprint density at radius 1 is 0.944 bits per heavy atom. The Morgan fingerprint density at radius 3 is 2.33 bits per heavy atom. The van der Waals surface area contributed by atoms with Gasteiger partial charge in [0.1, 0.15) is 0 Å². The Balaban J connectivity index is 1.58. The minimum atomic E-state index is 0.808. The topological polar surface area (TPSA) is 15.3 Å². The van der Waals surface area contributed by atoms with Crippen LogP contribution in [0.4, 0.5) is 0 Å². The third-order valence-corrected chi connectivity index (χ3v) is 5.30. The van der Waals surface area contributed by atoms with Gasteiger partial charge in [-0.3, -0.25) is 0 Å². The van der Waals surface area contributed by atoms with Crippen molar-refractivity contribution in [3.05, 3.63) is 0 Å². The second-order valence-electron chi connectivity index (χ2n) is 6.95. The summed E-state index contributed by atoms with van der Waals surface area (Å²) < 4.78 is 0. The summed E-state index contributed by atoms with van der Waals surface area (Å²) in [5, 5.41) is 3.77. The van der Waals surface area contributed by atoms with Crippen LogP contribution in [0.1, 0.15) is 52.9 Å². The molecule has 0 aromatic heterocycles. The van der Waals surface area contributed by atoms with Crippen molar-refractivity contribution in [1.29, 1.82) is 0 Å². The maximum atomic E-state index is 3.77. The van der Waals surface area contributed by atoms with Gasteiger partial charge in [0.05, 0.1) is 0 Å². The molecule has 2 heteroatoms. The van der Waals surface area contributed by atoms with Crippen molar-refractivity contribution in [1.82, 2.24) is 10.2 Å². The third kappa shape index (κ3) is 4.24. The molecule has 2 unspecified atom stereocenters. The Labute approximate surface area is 114 Å². The summed E-state index contributed by atoms with van der Waals surface area (Å²) in [6, 6.07) is 0.808. The highest BCUT2D eigenvalue weighted by Crippen LogP contribution is 2.24. The van der Waals surface area contributed by atoms with Gasteiger partial charge in [-0.15, -0.1) is 0 Å². The van der Waals surface area contributed by atoms with Crippen LogP contribution < -0.4 is 5.32 Å². The fraction of sp³-hybridized carbons (Fsp3) is 1.00. The predicted octanol–water partition coefficient (Wildman–Crippen LogP) is 3.13. The maximum absolute atomic E-state index is 3.77. The first-order chi connectivity index (χ1) is 8.65. The molecule has 1 heterocycles. The van der Waals surface area contributed by atoms with Crippen molar-refractivity contribution < 1.29 is 0 Å². The molecule has 1 N–H and O–H groups in total. The molecular formula is C16H32N2. The van der Waals surface area contributed by atoms with E-state index in [4.69, 9.17) is 0 Å². The molecule has 0 spiro atoms. The van der Waals surface area contributed by atoms with E-state index in [1.54, 1.807) is 0 Å². The summed E-state index contributed by atoms with van der Waals surface area (Å²) in [6.45, 7) is 12.3. The molecule has 2 aliphatic rings. The van der Waals surface area contributed by atoms with Gasteiger partial charge in [0.25, 0.3) is 0 Å². The number of piperidine rings is 1. The van der Waals surface area contributed by atoms with Crippen molar-refractivity contribution in [2.45, 2.75) is 58.9 Å². The van der Waals surface area contributed by atoms with Crippen molar-refractivity contribution in [3.8, 4) is 0 Å². The number of rotatable bonds is 4. The molecule has 0 aromatic rings. The molecule has 2 fully saturated rings. The van der Waals surface area contributed by atoms with Gasteiger partial charge in [-0.05, 0) is 56.4 Å². The van der Waals surface area contributed by atoms with Crippen molar-refractivity contribution in [2.75, 3.05) is 26.2 Å². The summed E-state index contributed by atoms with van der Waals surface area (Å²) in [4.78, 5) is 2.66. The summed E-state index contributed by atoms with van der Waals surface area (Å²) in [6.07, 6.45) is 7.04. The highest BCUT2D eigenvalue weighted by molar-refractivity contribution is 4.78. The first-order valence-electron chi connectivity index (χ1n) is 8.11. The number of hydrogen-bond donors (Lipinski definition) is 1. The lowest BCUT2D eigenvalue weighted by molar-refractivity contribution is 0.137. The van der Waals surface area contributed by atoms with E-state index in [0.29, 0.717) is 0 Å². The summed E-state index contributed by atoms with van der Waals surface area (Å²) in [5.41, 5.74) is 0. The van der Waals surface area contributed by atoms with Gasteiger partial charge >= 0.3 is 0 Å². The molecule has 2 rings (SSSR count). The van der Waals surface area contributed by atoms with Gasteiger partial charge in [-0.2, -0.15) is 0 Å². The molecule has 1 aliphatic carbocycles. The van der Waals surface area contributed by atoms with Crippen LogP contribution in [0.3, 0.4) is 0 Å². The van der Waals surface area contributed by atoms with Crippen LogP contribution in [0.15, 0.2) is 0 Å². The predicted molar refractivity (Wildman–Crippen MR) is 78.8 cm³/mol. The van der Waals surface area contributed by atoms with Gasteiger partial charge in [0.15, 0.2) is 0 Å². The Morgan fingerprint density at radius 2 is 1.67 bits per heavy atom. The lowest BCUT2D eigenvalue weighted by Gasteiger charge is -2.36. The lowest BCUT2D eigenvalue weighted by Crippen LogP contribution is -2.43. The van der Waals surface area contributed by atoms with E-state index in [2.05, 4.69) is 31.0 Å². The lowest BCUT2D eigenvalue weighted by atomic mass is 9.87. The van der Waals surface area contributed by atoms with Crippen molar-refractivity contribution in [3.63, 3.8) is 0 Å². The average molecular weight is 252 g/mol. The quantitative estimate of drug-likeness (QED) is 0.827. The van der Waals surface area contributed by atoms with Crippen LogP contribution in [-0.2, 0) is 0 Å². The Hall–Kier alpha value is -0.0800. The SMILES string of the molecule is CC1CCC(NCCN2CCC(C)C(C)C2)CC1. The standard InChI is InChI=1S/C16H32N2/c1-13-4-6-16(7-5-13)17-9-11-18-10-8-14(2)15(3)12-18/h13-17H,4-12H2,1-3H3. The van der Waals surface area contributed by atoms with E-state index in [1.165, 1.54) is 58.3 Å². The van der Waals surface area contributed by atoms with Crippen LogP contribution in [0.25, 0.3) is 0 Å². The third-order valence-electron chi connectivity index (χ3n) is 5.30. The molecule has 1 saturated heterocycles. The minimum Gasteiger partial charge on any atom is -0.313 e. The first kappa shape index (κ1) is 14.3.